The minimum Gasteiger partial charge on any atom is -0.481 e. The summed E-state index contributed by atoms with van der Waals surface area (Å²) in [6.07, 6.45) is 0.729. The molecule has 0 fully saturated rings. The highest BCUT2D eigenvalue weighted by Gasteiger charge is 2.32. The highest BCUT2D eigenvalue weighted by molar-refractivity contribution is 5.97. The van der Waals surface area contributed by atoms with Crippen LogP contribution in [0.5, 0.6) is 0 Å². The van der Waals surface area contributed by atoms with Gasteiger partial charge in [0.05, 0.1) is 31.9 Å². The highest BCUT2D eigenvalue weighted by Crippen LogP contribution is 2.07. The number of H-pyrrole nitrogens is 1. The Kier molecular flexibility index (Phi) is 15.8. The van der Waals surface area contributed by atoms with Gasteiger partial charge >= 0.3 is 17.9 Å². The maximum absolute atomic E-state index is 13.3. The third-order valence-corrected chi connectivity index (χ3v) is 6.78. The van der Waals surface area contributed by atoms with Gasteiger partial charge in [0, 0.05) is 31.2 Å². The molecule has 0 aliphatic rings. The van der Waals surface area contributed by atoms with Crippen molar-refractivity contribution < 1.29 is 58.8 Å². The molecule has 1 heterocycles. The van der Waals surface area contributed by atoms with Crippen LogP contribution in [0.15, 0.2) is 42.9 Å². The van der Waals surface area contributed by atoms with Crippen LogP contribution in [0.3, 0.4) is 0 Å². The number of aliphatic hydroxyl groups is 1. The van der Waals surface area contributed by atoms with E-state index in [1.807, 2.05) is 0 Å². The summed E-state index contributed by atoms with van der Waals surface area (Å²) in [7, 11) is 0. The first-order valence-corrected chi connectivity index (χ1v) is 14.7. The Morgan fingerprint density at radius 3 is 1.96 bits per heavy atom. The average molecular weight is 691 g/mol. The van der Waals surface area contributed by atoms with Crippen LogP contribution in [0.2, 0.25) is 0 Å². The Morgan fingerprint density at radius 1 is 0.755 bits per heavy atom. The Balaban J connectivity index is 2.09. The van der Waals surface area contributed by atoms with Crippen molar-refractivity contribution in [1.29, 1.82) is 0 Å². The van der Waals surface area contributed by atoms with Gasteiger partial charge in [-0.3, -0.25) is 33.6 Å². The zero-order valence-corrected chi connectivity index (χ0v) is 26.0. The molecule has 20 nitrogen and oxygen atoms in total. The van der Waals surface area contributed by atoms with Crippen molar-refractivity contribution in [1.82, 2.24) is 36.6 Å². The second-order valence-electron chi connectivity index (χ2n) is 10.6. The van der Waals surface area contributed by atoms with Gasteiger partial charge in [0.25, 0.3) is 0 Å². The van der Waals surface area contributed by atoms with Gasteiger partial charge in [0.2, 0.25) is 29.5 Å². The summed E-state index contributed by atoms with van der Waals surface area (Å²) in [6.45, 7) is -1.78. The number of aliphatic carboxylic acids is 3. The van der Waals surface area contributed by atoms with E-state index < -0.39 is 104 Å². The van der Waals surface area contributed by atoms with E-state index in [0.717, 1.165) is 0 Å². The van der Waals surface area contributed by atoms with E-state index in [-0.39, 0.29) is 19.3 Å². The number of imidazole rings is 1. The number of hydrogen-bond donors (Lipinski definition) is 11. The largest absolute Gasteiger partial charge is 0.481 e. The van der Waals surface area contributed by atoms with E-state index in [1.165, 1.54) is 12.5 Å². The van der Waals surface area contributed by atoms with Crippen LogP contribution in [0.1, 0.15) is 30.5 Å². The van der Waals surface area contributed by atoms with Gasteiger partial charge in [-0.05, 0) is 12.0 Å². The molecule has 0 aliphatic carbocycles. The lowest BCUT2D eigenvalue weighted by Gasteiger charge is -2.25. The summed E-state index contributed by atoms with van der Waals surface area (Å²) in [5.74, 6) is -9.25. The lowest BCUT2D eigenvalue weighted by Crippen LogP contribution is -2.59. The Labute approximate surface area is 278 Å². The van der Waals surface area contributed by atoms with Crippen LogP contribution >= 0.6 is 0 Å². The number of aromatic amines is 1. The van der Waals surface area contributed by atoms with Gasteiger partial charge in [-0.15, -0.1) is 0 Å². The molecule has 0 saturated carbocycles. The van der Waals surface area contributed by atoms with Crippen molar-refractivity contribution in [3.63, 3.8) is 0 Å². The van der Waals surface area contributed by atoms with E-state index in [9.17, 15) is 53.7 Å². The fourth-order valence-corrected chi connectivity index (χ4v) is 4.22. The molecule has 49 heavy (non-hydrogen) atoms. The molecular formula is C29H38N8O12. The minimum atomic E-state index is -1.83. The first-order valence-electron chi connectivity index (χ1n) is 14.7. The second-order valence-corrected chi connectivity index (χ2v) is 10.6. The van der Waals surface area contributed by atoms with Crippen LogP contribution in [0, 0.1) is 0 Å². The Hall–Kier alpha value is -5.89. The number of aliphatic hydroxyl groups excluding tert-OH is 1. The second kappa shape index (κ2) is 19.7. The molecule has 0 bridgehead atoms. The lowest BCUT2D eigenvalue weighted by molar-refractivity contribution is -0.142. The first kappa shape index (κ1) is 39.3. The van der Waals surface area contributed by atoms with Crippen LogP contribution in [-0.2, 0) is 51.2 Å². The molecule has 0 spiro atoms. The number of nitrogens with two attached hydrogens (primary N) is 1. The van der Waals surface area contributed by atoms with E-state index in [2.05, 4.69) is 36.6 Å². The minimum absolute atomic E-state index is 0.139. The van der Waals surface area contributed by atoms with E-state index >= 15 is 0 Å². The zero-order valence-electron chi connectivity index (χ0n) is 26.0. The van der Waals surface area contributed by atoms with E-state index in [1.54, 1.807) is 30.3 Å². The molecule has 5 atom stereocenters. The summed E-state index contributed by atoms with van der Waals surface area (Å²) in [6, 6.07) is 0.601. The number of nitrogens with one attached hydrogen (secondary N) is 6. The number of aromatic nitrogens is 2. The standard InChI is InChI=1S/C29H38N8O12/c30-17(6-7-23(40)41)25(44)35-18(8-15-4-2-1-3-5-15)27(46)36-19(10-24(42)43)28(47)37-21(13-38)26(45)32-12-22(39)34-20(29(48)49)9-16-11-31-14-33-16/h1-5,11,14,17-21,38H,6-10,12-13,30H2,(H,31,33)(H,32,45)(H,34,39)(H,35,44)(H,36,46)(H,37,47)(H,40,41)(H,42,43)(H,48,49)/t17-,18-,19-,20-,21-/m0/s1. The molecule has 0 unspecified atom stereocenters. The molecular weight excluding hydrogens is 652 g/mol. The zero-order chi connectivity index (χ0) is 36.5. The number of carbonyl (C=O) groups excluding carboxylic acids is 5. The molecule has 0 radical (unpaired) electrons. The van der Waals surface area contributed by atoms with Crippen LogP contribution in [-0.4, -0.2) is 121 Å². The van der Waals surface area contributed by atoms with Crippen molar-refractivity contribution in [3.8, 4) is 0 Å². The number of amides is 5. The molecule has 2 aromatic rings. The lowest BCUT2D eigenvalue weighted by atomic mass is 10.0. The van der Waals surface area contributed by atoms with Gasteiger partial charge in [0.15, 0.2) is 0 Å². The fraction of sp³-hybridized carbons (Fsp3) is 0.414. The van der Waals surface area contributed by atoms with Crippen molar-refractivity contribution in [3.05, 3.63) is 54.1 Å². The number of rotatable bonds is 21. The molecule has 266 valence electrons. The molecule has 1 aromatic carbocycles. The first-order chi connectivity index (χ1) is 23.2. The maximum Gasteiger partial charge on any atom is 0.326 e. The van der Waals surface area contributed by atoms with Crippen molar-refractivity contribution in [2.75, 3.05) is 13.2 Å². The fourth-order valence-electron chi connectivity index (χ4n) is 4.22. The van der Waals surface area contributed by atoms with Crippen molar-refractivity contribution in [2.24, 2.45) is 5.73 Å². The maximum atomic E-state index is 13.3. The normalized spacial score (nSPS) is 13.8. The number of carboxylic acids is 3. The molecule has 0 aliphatic heterocycles. The topological polar surface area (TPSA) is 332 Å². The summed E-state index contributed by atoms with van der Waals surface area (Å²) < 4.78 is 0. The smallest absolute Gasteiger partial charge is 0.326 e. The summed E-state index contributed by atoms with van der Waals surface area (Å²) in [5.41, 5.74) is 6.73. The van der Waals surface area contributed by atoms with Crippen molar-refractivity contribution in [2.45, 2.75) is 62.3 Å². The predicted octanol–water partition coefficient (Wildman–Crippen LogP) is -4.01. The van der Waals surface area contributed by atoms with Gasteiger partial charge in [0.1, 0.15) is 24.2 Å². The molecule has 1 aromatic heterocycles. The number of hydrogen-bond acceptors (Lipinski definition) is 11. The van der Waals surface area contributed by atoms with Crippen LogP contribution in [0.4, 0.5) is 0 Å². The van der Waals surface area contributed by atoms with Gasteiger partial charge in [-0.1, -0.05) is 30.3 Å². The van der Waals surface area contributed by atoms with Crippen LogP contribution < -0.4 is 32.3 Å². The Bertz CT molecular complexity index is 1470. The highest BCUT2D eigenvalue weighted by atomic mass is 16.4. The number of benzene rings is 1. The quantitative estimate of drug-likeness (QED) is 0.0595. The average Bonchev–Trinajstić information content (AvgIpc) is 3.57. The third kappa shape index (κ3) is 14.2. The summed E-state index contributed by atoms with van der Waals surface area (Å²) >= 11 is 0. The third-order valence-electron chi connectivity index (χ3n) is 6.78. The number of nitrogens with zero attached hydrogens (tertiary/aromatic N) is 1. The number of carbonyl (C=O) groups is 8. The Morgan fingerprint density at radius 2 is 1.39 bits per heavy atom. The SMILES string of the molecule is N[C@@H](CCC(=O)O)C(=O)N[C@@H](Cc1ccccc1)C(=O)N[C@@H](CC(=O)O)C(=O)N[C@@H](CO)C(=O)NCC(=O)N[C@@H](Cc1cnc[nH]1)C(=O)O. The van der Waals surface area contributed by atoms with Crippen LogP contribution in [0.25, 0.3) is 0 Å². The molecule has 2 rings (SSSR count). The molecule has 20 heteroatoms. The van der Waals surface area contributed by atoms with Gasteiger partial charge in [-0.2, -0.15) is 0 Å². The number of carboxylic acid groups (broad SMARTS) is 3. The van der Waals surface area contributed by atoms with E-state index in [4.69, 9.17) is 10.8 Å². The molecule has 12 N–H and O–H groups in total. The summed E-state index contributed by atoms with van der Waals surface area (Å²) in [5, 5.41) is 48.4. The predicted molar refractivity (Wildman–Crippen MR) is 165 cm³/mol. The molecule has 5 amide bonds. The monoisotopic (exact) mass is 690 g/mol. The van der Waals surface area contributed by atoms with Crippen molar-refractivity contribution >= 4 is 47.4 Å². The summed E-state index contributed by atoms with van der Waals surface area (Å²) in [4.78, 5) is 104. The van der Waals surface area contributed by atoms with Gasteiger partial charge < -0.3 is 57.7 Å². The van der Waals surface area contributed by atoms with Gasteiger partial charge in [-0.25, -0.2) is 9.78 Å². The van der Waals surface area contributed by atoms with E-state index in [0.29, 0.717) is 11.3 Å². The molecule has 0 saturated heterocycles.